The van der Waals surface area contributed by atoms with E-state index in [1.165, 1.54) is 12.1 Å². The number of nitrogens with zero attached hydrogens (tertiary/aromatic N) is 3. The largest absolute Gasteiger partial charge is 0.494 e. The molecule has 3 aliphatic heterocycles. The van der Waals surface area contributed by atoms with E-state index in [1.54, 1.807) is 11.0 Å². The Balaban J connectivity index is 1.29. The fraction of sp³-hybridized carbons (Fsp3) is 0.261. The molecular formula is C23H20FN5O3. The first-order valence-electron chi connectivity index (χ1n) is 10.4. The quantitative estimate of drug-likeness (QED) is 0.550. The van der Waals surface area contributed by atoms with Crippen LogP contribution in [0.25, 0.3) is 10.9 Å². The number of halogens is 1. The smallest absolute Gasteiger partial charge is 0.263 e. The zero-order valence-electron chi connectivity index (χ0n) is 17.1. The lowest BCUT2D eigenvalue weighted by atomic mass is 9.74. The average Bonchev–Trinajstić information content (AvgIpc) is 3.22. The maximum atomic E-state index is 13.9. The highest BCUT2D eigenvalue weighted by molar-refractivity contribution is 6.58. The van der Waals surface area contributed by atoms with Gasteiger partial charge in [-0.1, -0.05) is 23.4 Å². The molecule has 0 saturated carbocycles. The lowest BCUT2D eigenvalue weighted by molar-refractivity contribution is -0.151. The predicted octanol–water partition coefficient (Wildman–Crippen LogP) is 2.30. The van der Waals surface area contributed by atoms with E-state index in [0.717, 1.165) is 26.2 Å². The third-order valence-electron chi connectivity index (χ3n) is 6.34. The molecule has 1 amide bonds. The number of aliphatic imine (C=N–C) groups is 1. The zero-order valence-corrected chi connectivity index (χ0v) is 17.1. The number of nitrogens with one attached hydrogen (secondary N) is 2. The molecule has 2 aromatic carbocycles. The summed E-state index contributed by atoms with van der Waals surface area (Å²) in [7, 11) is 0. The van der Waals surface area contributed by atoms with Gasteiger partial charge in [0.25, 0.3) is 5.91 Å². The molecule has 2 fully saturated rings. The Morgan fingerprint density at radius 3 is 2.84 bits per heavy atom. The van der Waals surface area contributed by atoms with E-state index in [9.17, 15) is 14.3 Å². The van der Waals surface area contributed by atoms with Crippen LogP contribution in [0.5, 0.6) is 5.88 Å². The number of aromatic nitrogens is 1. The molecule has 8 nitrogen and oxygen atoms in total. The number of oxime groups is 1. The van der Waals surface area contributed by atoms with Crippen molar-refractivity contribution in [1.29, 1.82) is 0 Å². The molecular weight excluding hydrogens is 413 g/mol. The molecule has 32 heavy (non-hydrogen) atoms. The Bertz CT molecular complexity index is 1320. The van der Waals surface area contributed by atoms with Crippen LogP contribution in [0.1, 0.15) is 11.1 Å². The highest BCUT2D eigenvalue weighted by atomic mass is 19.1. The molecule has 0 bridgehead atoms. The first kappa shape index (κ1) is 19.0. The van der Waals surface area contributed by atoms with Crippen LogP contribution in [0.3, 0.4) is 0 Å². The number of amides is 1. The number of likely N-dealkylation sites (tertiary alicyclic amines) is 1. The van der Waals surface area contributed by atoms with Crippen molar-refractivity contribution in [3.05, 3.63) is 59.4 Å². The topological polar surface area (TPSA) is 102 Å². The van der Waals surface area contributed by atoms with E-state index >= 15 is 0 Å². The van der Waals surface area contributed by atoms with Gasteiger partial charge in [0.1, 0.15) is 17.2 Å². The second-order valence-corrected chi connectivity index (χ2v) is 8.58. The van der Waals surface area contributed by atoms with Gasteiger partial charge in [0, 0.05) is 48.1 Å². The fourth-order valence-corrected chi connectivity index (χ4v) is 4.61. The molecule has 9 heteroatoms. The van der Waals surface area contributed by atoms with Crippen LogP contribution >= 0.6 is 0 Å². The van der Waals surface area contributed by atoms with Gasteiger partial charge >= 0.3 is 0 Å². The molecule has 0 unspecified atom stereocenters. The Morgan fingerprint density at radius 1 is 1.25 bits per heavy atom. The zero-order chi connectivity index (χ0) is 21.9. The molecule has 3 N–H and O–H groups in total. The third-order valence-corrected chi connectivity index (χ3v) is 6.34. The lowest BCUT2D eigenvalue weighted by Crippen LogP contribution is -2.72. The van der Waals surface area contributed by atoms with Crippen LogP contribution in [0.2, 0.25) is 0 Å². The van der Waals surface area contributed by atoms with Crippen molar-refractivity contribution in [2.24, 2.45) is 15.6 Å². The summed E-state index contributed by atoms with van der Waals surface area (Å²) in [6, 6.07) is 11.6. The minimum atomic E-state index is -0.428. The molecule has 0 atom stereocenters. The second kappa shape index (κ2) is 6.89. The van der Waals surface area contributed by atoms with Crippen molar-refractivity contribution in [2.45, 2.75) is 0 Å². The Morgan fingerprint density at radius 2 is 2.06 bits per heavy atom. The van der Waals surface area contributed by atoms with Crippen LogP contribution in [0, 0.1) is 11.2 Å². The summed E-state index contributed by atoms with van der Waals surface area (Å²) >= 11 is 0. The third kappa shape index (κ3) is 2.89. The van der Waals surface area contributed by atoms with Crippen LogP contribution in [-0.2, 0) is 9.63 Å². The Labute approximate surface area is 182 Å². The fourth-order valence-electron chi connectivity index (χ4n) is 4.61. The van der Waals surface area contributed by atoms with Gasteiger partial charge in [-0.3, -0.25) is 4.79 Å². The number of benzene rings is 2. The van der Waals surface area contributed by atoms with Crippen LogP contribution in [0.15, 0.2) is 52.6 Å². The van der Waals surface area contributed by atoms with Gasteiger partial charge in [-0.25, -0.2) is 9.38 Å². The van der Waals surface area contributed by atoms with E-state index < -0.39 is 5.82 Å². The van der Waals surface area contributed by atoms with E-state index in [-0.39, 0.29) is 23.8 Å². The number of aromatic amines is 1. The van der Waals surface area contributed by atoms with Crippen LogP contribution in [0.4, 0.5) is 10.1 Å². The number of carbonyl (C=O) groups excluding carboxylic acids is 1. The SMILES string of the molecule is O=C(CO/N=C1/C(c2c(O)[nH]c3ccc(F)cc23)=Nc2ccccc21)N1CC2(CNC2)C1. The second-order valence-electron chi connectivity index (χ2n) is 8.58. The van der Waals surface area contributed by atoms with Crippen molar-refractivity contribution in [3.63, 3.8) is 0 Å². The van der Waals surface area contributed by atoms with Crippen LogP contribution < -0.4 is 5.32 Å². The van der Waals surface area contributed by atoms with Gasteiger partial charge in [0.15, 0.2) is 12.5 Å². The van der Waals surface area contributed by atoms with E-state index in [1.807, 2.05) is 24.3 Å². The van der Waals surface area contributed by atoms with Gasteiger partial charge < -0.3 is 25.1 Å². The molecule has 6 rings (SSSR count). The summed E-state index contributed by atoms with van der Waals surface area (Å²) < 4.78 is 13.9. The van der Waals surface area contributed by atoms with Crippen molar-refractivity contribution in [2.75, 3.05) is 32.8 Å². The number of carbonyl (C=O) groups is 1. The van der Waals surface area contributed by atoms with Gasteiger partial charge in [-0.15, -0.1) is 0 Å². The molecule has 3 aliphatic rings. The van der Waals surface area contributed by atoms with Crippen molar-refractivity contribution in [3.8, 4) is 5.88 Å². The highest BCUT2D eigenvalue weighted by Gasteiger charge is 2.49. The van der Waals surface area contributed by atoms with Crippen molar-refractivity contribution >= 4 is 33.9 Å². The number of H-pyrrole nitrogens is 1. The molecule has 3 aromatic rings. The Kier molecular flexibility index (Phi) is 4.09. The molecule has 1 spiro atoms. The maximum absolute atomic E-state index is 13.9. The monoisotopic (exact) mass is 433 g/mol. The van der Waals surface area contributed by atoms with Crippen molar-refractivity contribution < 1.29 is 19.1 Å². The normalized spacial score (nSPS) is 19.6. The summed E-state index contributed by atoms with van der Waals surface area (Å²) in [5.74, 6) is -0.683. The predicted molar refractivity (Wildman–Crippen MR) is 117 cm³/mol. The number of hydrogen-bond acceptors (Lipinski definition) is 6. The molecule has 4 heterocycles. The lowest BCUT2D eigenvalue weighted by Gasteiger charge is -2.55. The highest BCUT2D eigenvalue weighted by Crippen LogP contribution is 2.36. The first-order chi connectivity index (χ1) is 15.5. The average molecular weight is 433 g/mol. The molecule has 1 aromatic heterocycles. The standard InChI is InChI=1S/C23H20FN5O3/c24-13-5-6-17-15(7-13)19(22(31)27-17)21-20(14-3-1-2-4-16(14)26-21)28-32-8-18(30)29-11-23(12-29)9-25-10-23/h1-7,25,27,31H,8-12H2/b28-20+. The van der Waals surface area contributed by atoms with E-state index in [4.69, 9.17) is 4.84 Å². The van der Waals surface area contributed by atoms with E-state index in [0.29, 0.717) is 39.1 Å². The van der Waals surface area contributed by atoms with Gasteiger partial charge in [-0.05, 0) is 24.3 Å². The summed E-state index contributed by atoms with van der Waals surface area (Å²) in [5.41, 5.74) is 3.27. The Hall–Kier alpha value is -3.72. The number of fused-ring (bicyclic) bond motifs is 2. The number of hydrogen-bond donors (Lipinski definition) is 3. The summed E-state index contributed by atoms with van der Waals surface area (Å²) in [6.07, 6.45) is 0. The van der Waals surface area contributed by atoms with Crippen LogP contribution in [-0.4, -0.2) is 65.1 Å². The summed E-state index contributed by atoms with van der Waals surface area (Å²) in [5, 5.41) is 18.5. The molecule has 162 valence electrons. The number of para-hydroxylation sites is 1. The summed E-state index contributed by atoms with van der Waals surface area (Å²) in [4.78, 5) is 27.1. The molecule has 0 radical (unpaired) electrons. The van der Waals surface area contributed by atoms with E-state index in [2.05, 4.69) is 20.4 Å². The minimum absolute atomic E-state index is 0.117. The number of rotatable bonds is 4. The van der Waals surface area contributed by atoms with Gasteiger partial charge in [-0.2, -0.15) is 0 Å². The number of aromatic hydroxyl groups is 1. The first-order valence-corrected chi connectivity index (χ1v) is 10.4. The minimum Gasteiger partial charge on any atom is -0.494 e. The van der Waals surface area contributed by atoms with Crippen molar-refractivity contribution in [1.82, 2.24) is 15.2 Å². The molecule has 0 aliphatic carbocycles. The summed E-state index contributed by atoms with van der Waals surface area (Å²) in [6.45, 7) is 3.19. The maximum Gasteiger partial charge on any atom is 0.263 e. The van der Waals surface area contributed by atoms with Gasteiger partial charge in [0.2, 0.25) is 0 Å². The molecule has 2 saturated heterocycles. The van der Waals surface area contributed by atoms with Gasteiger partial charge in [0.05, 0.1) is 11.3 Å².